The second-order valence-electron chi connectivity index (χ2n) is 3.54. The van der Waals surface area contributed by atoms with Crippen LogP contribution in [0.15, 0.2) is 48.5 Å². The summed E-state index contributed by atoms with van der Waals surface area (Å²) >= 11 is 5.52. The molecular weight excluding hydrogens is 220 g/mol. The lowest BCUT2D eigenvalue weighted by Crippen LogP contribution is -1.92. The summed E-state index contributed by atoms with van der Waals surface area (Å²) in [5.41, 5.74) is 1.41. The molecule has 2 rings (SSSR count). The molecule has 2 heteroatoms. The molecule has 0 N–H and O–H groups in total. The van der Waals surface area contributed by atoms with Crippen LogP contribution < -0.4 is 0 Å². The van der Waals surface area contributed by atoms with Crippen molar-refractivity contribution in [1.82, 2.24) is 0 Å². The lowest BCUT2D eigenvalue weighted by molar-refractivity contribution is -0.106. The standard InChI is InChI=1S/C14H11ClO/c1-2-13(14(15)16)12-8-7-10-5-3-4-6-11(10)9-12/h2-9H,1H3/b13-2+. The zero-order chi connectivity index (χ0) is 11.5. The SMILES string of the molecule is C/C=C(/C(=O)Cl)c1ccc2ccccc2c1. The van der Waals surface area contributed by atoms with E-state index in [0.717, 1.165) is 16.3 Å². The van der Waals surface area contributed by atoms with Gasteiger partial charge >= 0.3 is 0 Å². The monoisotopic (exact) mass is 230 g/mol. The molecule has 0 amide bonds. The summed E-state index contributed by atoms with van der Waals surface area (Å²) in [6.45, 7) is 1.81. The van der Waals surface area contributed by atoms with Crippen molar-refractivity contribution in [2.75, 3.05) is 0 Å². The predicted octanol–water partition coefficient (Wildman–Crippen LogP) is 4.01. The molecule has 0 aromatic heterocycles. The summed E-state index contributed by atoms with van der Waals surface area (Å²) in [6, 6.07) is 13.9. The van der Waals surface area contributed by atoms with E-state index in [1.54, 1.807) is 6.08 Å². The van der Waals surface area contributed by atoms with E-state index in [4.69, 9.17) is 11.6 Å². The fourth-order valence-electron chi connectivity index (χ4n) is 1.75. The molecule has 16 heavy (non-hydrogen) atoms. The van der Waals surface area contributed by atoms with Gasteiger partial charge in [0.25, 0.3) is 5.24 Å². The van der Waals surface area contributed by atoms with Crippen LogP contribution in [0.3, 0.4) is 0 Å². The quantitative estimate of drug-likeness (QED) is 0.563. The smallest absolute Gasteiger partial charge is 0.252 e. The molecule has 0 aliphatic heterocycles. The minimum atomic E-state index is -0.419. The third-order valence-corrected chi connectivity index (χ3v) is 2.76. The van der Waals surface area contributed by atoms with E-state index >= 15 is 0 Å². The van der Waals surface area contributed by atoms with Gasteiger partial charge in [0, 0.05) is 5.57 Å². The average Bonchev–Trinajstić information content (AvgIpc) is 2.29. The van der Waals surface area contributed by atoms with Gasteiger partial charge in [0.15, 0.2) is 0 Å². The van der Waals surface area contributed by atoms with Crippen LogP contribution >= 0.6 is 11.6 Å². The Morgan fingerprint density at radius 2 is 1.81 bits per heavy atom. The predicted molar refractivity (Wildman–Crippen MR) is 68.5 cm³/mol. The fraction of sp³-hybridized carbons (Fsp3) is 0.0714. The molecule has 0 heterocycles. The Morgan fingerprint density at radius 3 is 2.44 bits per heavy atom. The summed E-state index contributed by atoms with van der Waals surface area (Å²) in [5, 5.41) is 1.85. The van der Waals surface area contributed by atoms with Gasteiger partial charge in [-0.05, 0) is 40.9 Å². The zero-order valence-electron chi connectivity index (χ0n) is 8.91. The molecule has 2 aromatic carbocycles. The lowest BCUT2D eigenvalue weighted by Gasteiger charge is -2.04. The number of benzene rings is 2. The molecule has 0 aliphatic carbocycles. The lowest BCUT2D eigenvalue weighted by atomic mass is 10.0. The average molecular weight is 231 g/mol. The van der Waals surface area contributed by atoms with Crippen molar-refractivity contribution in [3.63, 3.8) is 0 Å². The van der Waals surface area contributed by atoms with E-state index in [-0.39, 0.29) is 0 Å². The normalized spacial score (nSPS) is 11.8. The Labute approximate surface area is 99.3 Å². The Balaban J connectivity index is 2.59. The zero-order valence-corrected chi connectivity index (χ0v) is 9.66. The van der Waals surface area contributed by atoms with Gasteiger partial charge in [0.1, 0.15) is 0 Å². The van der Waals surface area contributed by atoms with Crippen molar-refractivity contribution in [3.8, 4) is 0 Å². The highest BCUT2D eigenvalue weighted by Crippen LogP contribution is 2.22. The van der Waals surface area contributed by atoms with Gasteiger partial charge in [-0.3, -0.25) is 4.79 Å². The van der Waals surface area contributed by atoms with Gasteiger partial charge in [-0.2, -0.15) is 0 Å². The molecule has 0 saturated carbocycles. The van der Waals surface area contributed by atoms with E-state index in [2.05, 4.69) is 0 Å². The van der Waals surface area contributed by atoms with Crippen LogP contribution in [0.1, 0.15) is 12.5 Å². The number of allylic oxidation sites excluding steroid dienone is 2. The van der Waals surface area contributed by atoms with E-state index in [1.807, 2.05) is 49.4 Å². The van der Waals surface area contributed by atoms with Crippen molar-refractivity contribution in [2.24, 2.45) is 0 Å². The van der Waals surface area contributed by atoms with Crippen LogP contribution in [0.5, 0.6) is 0 Å². The van der Waals surface area contributed by atoms with Crippen molar-refractivity contribution < 1.29 is 4.79 Å². The third-order valence-electron chi connectivity index (χ3n) is 2.56. The highest BCUT2D eigenvalue weighted by molar-refractivity contribution is 6.74. The Morgan fingerprint density at radius 1 is 1.12 bits per heavy atom. The van der Waals surface area contributed by atoms with Crippen LogP contribution in [0.4, 0.5) is 0 Å². The first-order valence-electron chi connectivity index (χ1n) is 5.07. The van der Waals surface area contributed by atoms with Crippen molar-refractivity contribution in [3.05, 3.63) is 54.1 Å². The summed E-state index contributed by atoms with van der Waals surface area (Å²) in [6.07, 6.45) is 1.74. The molecule has 0 radical (unpaired) electrons. The van der Waals surface area contributed by atoms with Gasteiger partial charge in [0.05, 0.1) is 0 Å². The molecule has 0 unspecified atom stereocenters. The molecule has 80 valence electrons. The van der Waals surface area contributed by atoms with Crippen LogP contribution in [0.2, 0.25) is 0 Å². The maximum Gasteiger partial charge on any atom is 0.252 e. The molecule has 0 bridgehead atoms. The first-order chi connectivity index (χ1) is 7.72. The van der Waals surface area contributed by atoms with Crippen LogP contribution in [0.25, 0.3) is 16.3 Å². The number of fused-ring (bicyclic) bond motifs is 1. The van der Waals surface area contributed by atoms with Gasteiger partial charge in [-0.15, -0.1) is 0 Å². The number of hydrogen-bond donors (Lipinski definition) is 0. The van der Waals surface area contributed by atoms with E-state index in [1.165, 1.54) is 0 Å². The summed E-state index contributed by atoms with van der Waals surface area (Å²) in [4.78, 5) is 11.2. The number of rotatable bonds is 2. The number of carbonyl (C=O) groups excluding carboxylic acids is 1. The molecular formula is C14H11ClO. The van der Waals surface area contributed by atoms with E-state index in [9.17, 15) is 4.79 Å². The minimum absolute atomic E-state index is 0.419. The molecule has 0 aliphatic rings. The van der Waals surface area contributed by atoms with Crippen LogP contribution in [0, 0.1) is 0 Å². The minimum Gasteiger partial charge on any atom is -0.276 e. The van der Waals surface area contributed by atoms with Crippen molar-refractivity contribution in [1.29, 1.82) is 0 Å². The fourth-order valence-corrected chi connectivity index (χ4v) is 1.97. The van der Waals surface area contributed by atoms with E-state index < -0.39 is 5.24 Å². The first kappa shape index (κ1) is 10.9. The van der Waals surface area contributed by atoms with Crippen molar-refractivity contribution >= 4 is 33.2 Å². The topological polar surface area (TPSA) is 17.1 Å². The highest BCUT2D eigenvalue weighted by Gasteiger charge is 2.08. The third kappa shape index (κ3) is 2.00. The Kier molecular flexibility index (Phi) is 3.07. The van der Waals surface area contributed by atoms with E-state index in [0.29, 0.717) is 5.57 Å². The van der Waals surface area contributed by atoms with Gasteiger partial charge in [0.2, 0.25) is 0 Å². The Bertz CT molecular complexity index is 570. The van der Waals surface area contributed by atoms with Gasteiger partial charge in [-0.25, -0.2) is 0 Å². The van der Waals surface area contributed by atoms with Gasteiger partial charge in [-0.1, -0.05) is 42.5 Å². The number of halogens is 1. The summed E-state index contributed by atoms with van der Waals surface area (Å²) in [5.74, 6) is 0. The second kappa shape index (κ2) is 4.50. The summed E-state index contributed by atoms with van der Waals surface area (Å²) < 4.78 is 0. The molecule has 0 atom stereocenters. The maximum absolute atomic E-state index is 11.2. The summed E-state index contributed by atoms with van der Waals surface area (Å²) in [7, 11) is 0. The number of hydrogen-bond acceptors (Lipinski definition) is 1. The molecule has 0 spiro atoms. The highest BCUT2D eigenvalue weighted by atomic mass is 35.5. The maximum atomic E-state index is 11.2. The van der Waals surface area contributed by atoms with Crippen molar-refractivity contribution in [2.45, 2.75) is 6.92 Å². The van der Waals surface area contributed by atoms with Gasteiger partial charge < -0.3 is 0 Å². The first-order valence-corrected chi connectivity index (χ1v) is 5.45. The molecule has 1 nitrogen and oxygen atoms in total. The Hall–Kier alpha value is -1.60. The molecule has 0 saturated heterocycles. The molecule has 2 aromatic rings. The second-order valence-corrected chi connectivity index (χ2v) is 3.88. The van der Waals surface area contributed by atoms with Crippen LogP contribution in [-0.4, -0.2) is 5.24 Å². The van der Waals surface area contributed by atoms with Crippen LogP contribution in [-0.2, 0) is 4.79 Å². The number of carbonyl (C=O) groups is 1. The molecule has 0 fully saturated rings. The largest absolute Gasteiger partial charge is 0.276 e.